The number of aromatic nitrogens is 1. The van der Waals surface area contributed by atoms with E-state index in [0.29, 0.717) is 24.8 Å². The number of piperidine rings is 1. The van der Waals surface area contributed by atoms with Crippen LogP contribution in [0, 0.1) is 5.92 Å². The van der Waals surface area contributed by atoms with Gasteiger partial charge in [-0.3, -0.25) is 0 Å². The van der Waals surface area contributed by atoms with E-state index in [9.17, 15) is 8.42 Å². The Bertz CT molecular complexity index is 559. The first-order chi connectivity index (χ1) is 9.48. The van der Waals surface area contributed by atoms with Crippen molar-refractivity contribution in [2.75, 3.05) is 18.4 Å². The van der Waals surface area contributed by atoms with Crippen LogP contribution in [0.15, 0.2) is 23.2 Å². The Morgan fingerprint density at radius 3 is 2.90 bits per heavy atom. The molecule has 0 spiro atoms. The Kier molecular flexibility index (Phi) is 4.65. The zero-order valence-electron chi connectivity index (χ0n) is 12.3. The normalized spacial score (nSPS) is 24.6. The summed E-state index contributed by atoms with van der Waals surface area (Å²) in [6, 6.07) is 3.33. The van der Waals surface area contributed by atoms with Gasteiger partial charge in [0.15, 0.2) is 0 Å². The van der Waals surface area contributed by atoms with Crippen LogP contribution in [0.4, 0.5) is 5.82 Å². The Morgan fingerprint density at radius 1 is 1.45 bits per heavy atom. The highest BCUT2D eigenvalue weighted by Crippen LogP contribution is 2.30. The molecule has 1 aliphatic rings. The van der Waals surface area contributed by atoms with E-state index in [4.69, 9.17) is 0 Å². The summed E-state index contributed by atoms with van der Waals surface area (Å²) in [6.07, 6.45) is 3.61. The Labute approximate surface area is 121 Å². The molecule has 0 aliphatic carbocycles. The number of hydrogen-bond donors (Lipinski definition) is 1. The first-order valence-corrected chi connectivity index (χ1v) is 8.63. The van der Waals surface area contributed by atoms with Crippen LogP contribution in [0.5, 0.6) is 0 Å². The monoisotopic (exact) mass is 297 g/mol. The Balaban J connectivity index is 2.39. The fourth-order valence-electron chi connectivity index (χ4n) is 2.66. The van der Waals surface area contributed by atoms with Gasteiger partial charge in [0.2, 0.25) is 10.0 Å². The SMILES string of the molecule is CCNc1ncccc1S(=O)(=O)N1CCCC(C)C1C. The molecule has 0 amide bonds. The minimum absolute atomic E-state index is 0.0310. The highest BCUT2D eigenvalue weighted by molar-refractivity contribution is 7.89. The Morgan fingerprint density at radius 2 is 2.20 bits per heavy atom. The molecule has 2 heterocycles. The molecule has 1 N–H and O–H groups in total. The van der Waals surface area contributed by atoms with E-state index < -0.39 is 10.0 Å². The average Bonchev–Trinajstić information content (AvgIpc) is 2.42. The van der Waals surface area contributed by atoms with Crippen molar-refractivity contribution >= 4 is 15.8 Å². The summed E-state index contributed by atoms with van der Waals surface area (Å²) in [7, 11) is -3.49. The molecule has 1 aliphatic heterocycles. The van der Waals surface area contributed by atoms with E-state index in [-0.39, 0.29) is 10.9 Å². The molecule has 0 aromatic carbocycles. The summed E-state index contributed by atoms with van der Waals surface area (Å²) < 4.78 is 27.4. The molecule has 0 bridgehead atoms. The second-order valence-corrected chi connectivity index (χ2v) is 7.22. The maximum Gasteiger partial charge on any atom is 0.246 e. The summed E-state index contributed by atoms with van der Waals surface area (Å²) >= 11 is 0. The number of pyridine rings is 1. The molecular formula is C14H23N3O2S. The van der Waals surface area contributed by atoms with Crippen molar-refractivity contribution < 1.29 is 8.42 Å². The summed E-state index contributed by atoms with van der Waals surface area (Å²) in [6.45, 7) is 7.27. The van der Waals surface area contributed by atoms with Gasteiger partial charge in [-0.15, -0.1) is 0 Å². The molecule has 0 saturated carbocycles. The summed E-state index contributed by atoms with van der Waals surface area (Å²) in [5, 5.41) is 3.03. The van der Waals surface area contributed by atoms with Crippen LogP contribution >= 0.6 is 0 Å². The minimum atomic E-state index is -3.49. The third-order valence-corrected chi connectivity index (χ3v) is 6.04. The molecule has 1 aromatic heterocycles. The van der Waals surface area contributed by atoms with Crippen molar-refractivity contribution in [2.45, 2.75) is 44.6 Å². The van der Waals surface area contributed by atoms with Crippen LogP contribution in [0.2, 0.25) is 0 Å². The highest BCUT2D eigenvalue weighted by atomic mass is 32.2. The van der Waals surface area contributed by atoms with Gasteiger partial charge in [0, 0.05) is 25.3 Å². The number of anilines is 1. The molecule has 20 heavy (non-hydrogen) atoms. The predicted molar refractivity (Wildman–Crippen MR) is 80.2 cm³/mol. The highest BCUT2D eigenvalue weighted by Gasteiger charge is 2.35. The van der Waals surface area contributed by atoms with Crippen molar-refractivity contribution in [1.29, 1.82) is 0 Å². The van der Waals surface area contributed by atoms with Crippen LogP contribution in [-0.4, -0.2) is 36.8 Å². The molecule has 1 aromatic rings. The van der Waals surface area contributed by atoms with E-state index >= 15 is 0 Å². The standard InChI is InChI=1S/C14H23N3O2S/c1-4-15-14-13(8-5-9-16-14)20(18,19)17-10-6-7-11(2)12(17)3/h5,8-9,11-12H,4,6-7,10H2,1-3H3,(H,15,16). The van der Waals surface area contributed by atoms with Crippen molar-refractivity contribution in [2.24, 2.45) is 5.92 Å². The fourth-order valence-corrected chi connectivity index (χ4v) is 4.55. The van der Waals surface area contributed by atoms with Crippen LogP contribution in [0.25, 0.3) is 0 Å². The van der Waals surface area contributed by atoms with Crippen LogP contribution in [-0.2, 0) is 10.0 Å². The molecule has 1 saturated heterocycles. The predicted octanol–water partition coefficient (Wildman–Crippen LogP) is 2.32. The number of nitrogens with zero attached hydrogens (tertiary/aromatic N) is 2. The van der Waals surface area contributed by atoms with Gasteiger partial charge in [-0.25, -0.2) is 13.4 Å². The van der Waals surface area contributed by atoms with Crippen molar-refractivity contribution in [3.05, 3.63) is 18.3 Å². The van der Waals surface area contributed by atoms with Gasteiger partial charge in [0.25, 0.3) is 0 Å². The molecule has 2 unspecified atom stereocenters. The number of rotatable bonds is 4. The summed E-state index contributed by atoms with van der Waals surface area (Å²) in [5.41, 5.74) is 0. The quantitative estimate of drug-likeness (QED) is 0.926. The minimum Gasteiger partial charge on any atom is -0.369 e. The van der Waals surface area contributed by atoms with Gasteiger partial charge in [-0.05, 0) is 44.7 Å². The third-order valence-electron chi connectivity index (χ3n) is 4.02. The second-order valence-electron chi connectivity index (χ2n) is 5.36. The van der Waals surface area contributed by atoms with Crippen LogP contribution < -0.4 is 5.32 Å². The van der Waals surface area contributed by atoms with Gasteiger partial charge in [-0.1, -0.05) is 6.92 Å². The number of hydrogen-bond acceptors (Lipinski definition) is 4. The fraction of sp³-hybridized carbons (Fsp3) is 0.643. The topological polar surface area (TPSA) is 62.3 Å². The van der Waals surface area contributed by atoms with Crippen LogP contribution in [0.3, 0.4) is 0 Å². The van der Waals surface area contributed by atoms with Crippen molar-refractivity contribution in [3.8, 4) is 0 Å². The molecule has 0 radical (unpaired) electrons. The largest absolute Gasteiger partial charge is 0.369 e. The summed E-state index contributed by atoms with van der Waals surface area (Å²) in [5.74, 6) is 0.832. The smallest absolute Gasteiger partial charge is 0.246 e. The second kappa shape index (κ2) is 6.10. The lowest BCUT2D eigenvalue weighted by Crippen LogP contribution is -2.46. The maximum absolute atomic E-state index is 12.9. The van der Waals surface area contributed by atoms with Gasteiger partial charge in [0.1, 0.15) is 10.7 Å². The van der Waals surface area contributed by atoms with Crippen LogP contribution in [0.1, 0.15) is 33.6 Å². The maximum atomic E-state index is 12.9. The van der Waals surface area contributed by atoms with Gasteiger partial charge < -0.3 is 5.32 Å². The van der Waals surface area contributed by atoms with Gasteiger partial charge in [-0.2, -0.15) is 4.31 Å². The molecule has 2 atom stereocenters. The molecule has 6 heteroatoms. The first-order valence-electron chi connectivity index (χ1n) is 7.19. The molecular weight excluding hydrogens is 274 g/mol. The van der Waals surface area contributed by atoms with E-state index in [1.807, 2.05) is 13.8 Å². The number of sulfonamides is 1. The summed E-state index contributed by atoms with van der Waals surface area (Å²) in [4.78, 5) is 4.44. The van der Waals surface area contributed by atoms with E-state index in [0.717, 1.165) is 12.8 Å². The lowest BCUT2D eigenvalue weighted by molar-refractivity contribution is 0.202. The van der Waals surface area contributed by atoms with E-state index in [1.54, 1.807) is 22.6 Å². The lowest BCUT2D eigenvalue weighted by Gasteiger charge is -2.36. The van der Waals surface area contributed by atoms with Crippen molar-refractivity contribution in [3.63, 3.8) is 0 Å². The molecule has 1 fully saturated rings. The first kappa shape index (κ1) is 15.3. The van der Waals surface area contributed by atoms with Gasteiger partial charge in [0.05, 0.1) is 0 Å². The number of nitrogens with one attached hydrogen (secondary N) is 1. The van der Waals surface area contributed by atoms with Crippen molar-refractivity contribution in [1.82, 2.24) is 9.29 Å². The molecule has 112 valence electrons. The van der Waals surface area contributed by atoms with E-state index in [2.05, 4.69) is 17.2 Å². The molecule has 5 nitrogen and oxygen atoms in total. The third kappa shape index (κ3) is 2.81. The molecule has 2 rings (SSSR count). The van der Waals surface area contributed by atoms with E-state index in [1.165, 1.54) is 0 Å². The lowest BCUT2D eigenvalue weighted by atomic mass is 9.94. The Hall–Kier alpha value is -1.14. The zero-order valence-corrected chi connectivity index (χ0v) is 13.2. The zero-order chi connectivity index (χ0) is 14.8. The average molecular weight is 297 g/mol. The van der Waals surface area contributed by atoms with Gasteiger partial charge >= 0.3 is 0 Å².